The minimum atomic E-state index is -0.698. The van der Waals surface area contributed by atoms with Gasteiger partial charge >= 0.3 is 0 Å². The van der Waals surface area contributed by atoms with E-state index in [9.17, 15) is 14.7 Å². The predicted molar refractivity (Wildman–Crippen MR) is 118 cm³/mol. The van der Waals surface area contributed by atoms with E-state index in [-0.39, 0.29) is 11.3 Å². The Kier molecular flexibility index (Phi) is 5.23. The van der Waals surface area contributed by atoms with E-state index in [1.807, 2.05) is 60.7 Å². The van der Waals surface area contributed by atoms with E-state index in [4.69, 9.17) is 0 Å². The van der Waals surface area contributed by atoms with E-state index in [1.54, 1.807) is 24.3 Å². The van der Waals surface area contributed by atoms with Gasteiger partial charge in [0.25, 0.3) is 11.7 Å². The first-order valence-electron chi connectivity index (χ1n) is 10.0. The second kappa shape index (κ2) is 7.99. The van der Waals surface area contributed by atoms with Crippen molar-refractivity contribution in [2.75, 3.05) is 4.90 Å². The van der Waals surface area contributed by atoms with Crippen LogP contribution in [0.1, 0.15) is 42.5 Å². The third kappa shape index (κ3) is 3.41. The zero-order valence-electron chi connectivity index (χ0n) is 16.9. The van der Waals surface area contributed by atoms with Crippen LogP contribution in [0.5, 0.6) is 0 Å². The summed E-state index contributed by atoms with van der Waals surface area (Å²) in [6.07, 6.45) is 0. The fourth-order valence-electron chi connectivity index (χ4n) is 3.82. The Balaban J connectivity index is 1.90. The molecule has 1 saturated heterocycles. The molecule has 4 nitrogen and oxygen atoms in total. The van der Waals surface area contributed by atoms with Crippen molar-refractivity contribution in [1.82, 2.24) is 0 Å². The van der Waals surface area contributed by atoms with Gasteiger partial charge in [0.1, 0.15) is 5.76 Å². The fourth-order valence-corrected chi connectivity index (χ4v) is 3.82. The SMILES string of the molecule is CC(C)c1ccc(N2C(=O)C(=O)/C(=C(/O)c3ccccc3)C2c2ccccc2)cc1. The molecule has 3 aromatic rings. The standard InChI is InChI=1S/C26H23NO3/c1-17(2)18-13-15-21(16-14-18)27-23(19-9-5-3-6-10-19)22(25(29)26(27)30)24(28)20-11-7-4-8-12-20/h3-17,23,28H,1-2H3/b24-22+. The highest BCUT2D eigenvalue weighted by Crippen LogP contribution is 2.42. The third-order valence-corrected chi connectivity index (χ3v) is 5.44. The second-order valence-electron chi connectivity index (χ2n) is 7.69. The van der Waals surface area contributed by atoms with E-state index in [0.29, 0.717) is 17.2 Å². The lowest BCUT2D eigenvalue weighted by atomic mass is 9.95. The number of hydrogen-bond acceptors (Lipinski definition) is 3. The number of ketones is 1. The molecule has 150 valence electrons. The Bertz CT molecular complexity index is 1100. The molecule has 30 heavy (non-hydrogen) atoms. The molecule has 1 aliphatic heterocycles. The largest absolute Gasteiger partial charge is 0.507 e. The number of rotatable bonds is 4. The highest BCUT2D eigenvalue weighted by atomic mass is 16.3. The normalized spacial score (nSPS) is 18.2. The number of hydrogen-bond donors (Lipinski definition) is 1. The highest BCUT2D eigenvalue weighted by Gasteiger charge is 2.46. The van der Waals surface area contributed by atoms with E-state index in [0.717, 1.165) is 11.1 Å². The van der Waals surface area contributed by atoms with Crippen molar-refractivity contribution >= 4 is 23.1 Å². The second-order valence-corrected chi connectivity index (χ2v) is 7.69. The lowest BCUT2D eigenvalue weighted by Crippen LogP contribution is -2.29. The number of carbonyl (C=O) groups excluding carboxylic acids is 2. The van der Waals surface area contributed by atoms with Crippen molar-refractivity contribution in [3.05, 3.63) is 107 Å². The first-order chi connectivity index (χ1) is 14.5. The molecule has 1 atom stereocenters. The van der Waals surface area contributed by atoms with Crippen molar-refractivity contribution in [2.24, 2.45) is 0 Å². The number of amides is 1. The number of benzene rings is 3. The van der Waals surface area contributed by atoms with E-state index in [1.165, 1.54) is 4.90 Å². The Morgan fingerprint density at radius 2 is 1.40 bits per heavy atom. The molecular formula is C26H23NO3. The molecule has 3 aromatic carbocycles. The van der Waals surface area contributed by atoms with Crippen molar-refractivity contribution in [2.45, 2.75) is 25.8 Å². The average molecular weight is 397 g/mol. The first-order valence-corrected chi connectivity index (χ1v) is 10.0. The van der Waals surface area contributed by atoms with Gasteiger partial charge in [0.2, 0.25) is 0 Å². The zero-order valence-corrected chi connectivity index (χ0v) is 16.9. The topological polar surface area (TPSA) is 57.6 Å². The smallest absolute Gasteiger partial charge is 0.300 e. The van der Waals surface area contributed by atoms with Crippen molar-refractivity contribution < 1.29 is 14.7 Å². The fraction of sp³-hybridized carbons (Fsp3) is 0.154. The van der Waals surface area contributed by atoms with Crippen LogP contribution in [0.25, 0.3) is 5.76 Å². The van der Waals surface area contributed by atoms with E-state index in [2.05, 4.69) is 13.8 Å². The summed E-state index contributed by atoms with van der Waals surface area (Å²) < 4.78 is 0. The molecule has 0 radical (unpaired) electrons. The van der Waals surface area contributed by atoms with Crippen molar-refractivity contribution in [3.8, 4) is 0 Å². The number of carbonyl (C=O) groups is 2. The molecule has 0 spiro atoms. The van der Waals surface area contributed by atoms with E-state index >= 15 is 0 Å². The third-order valence-electron chi connectivity index (χ3n) is 5.44. The predicted octanol–water partition coefficient (Wildman–Crippen LogP) is 5.44. The molecule has 1 N–H and O–H groups in total. The van der Waals surface area contributed by atoms with Crippen LogP contribution in [0.15, 0.2) is 90.5 Å². The summed E-state index contributed by atoms with van der Waals surface area (Å²) >= 11 is 0. The molecule has 1 unspecified atom stereocenters. The van der Waals surface area contributed by atoms with Crippen LogP contribution in [-0.4, -0.2) is 16.8 Å². The maximum absolute atomic E-state index is 13.1. The van der Waals surface area contributed by atoms with Gasteiger partial charge < -0.3 is 5.11 Å². The number of aliphatic hydroxyl groups is 1. The summed E-state index contributed by atoms with van der Waals surface area (Å²) in [5, 5.41) is 11.0. The minimum Gasteiger partial charge on any atom is -0.507 e. The quantitative estimate of drug-likeness (QED) is 0.362. The summed E-state index contributed by atoms with van der Waals surface area (Å²) in [5.74, 6) is -1.13. The van der Waals surface area contributed by atoms with Crippen LogP contribution in [0, 0.1) is 0 Å². The molecule has 0 aromatic heterocycles. The molecule has 0 bridgehead atoms. The lowest BCUT2D eigenvalue weighted by molar-refractivity contribution is -0.132. The van der Waals surface area contributed by atoms with Crippen LogP contribution >= 0.6 is 0 Å². The number of Topliss-reactive ketones (excluding diaryl/α,β-unsaturated/α-hetero) is 1. The molecule has 1 amide bonds. The molecule has 0 saturated carbocycles. The van der Waals surface area contributed by atoms with Crippen LogP contribution in [0.3, 0.4) is 0 Å². The Morgan fingerprint density at radius 3 is 1.97 bits per heavy atom. The van der Waals surface area contributed by atoms with Gasteiger partial charge in [0.15, 0.2) is 0 Å². The number of aliphatic hydroxyl groups excluding tert-OH is 1. The molecule has 1 heterocycles. The average Bonchev–Trinajstić information content (AvgIpc) is 3.05. The molecule has 4 heteroatoms. The van der Waals surface area contributed by atoms with Crippen LogP contribution in [0.4, 0.5) is 5.69 Å². The summed E-state index contributed by atoms with van der Waals surface area (Å²) in [5.41, 5.74) is 3.15. The monoisotopic (exact) mass is 397 g/mol. The zero-order chi connectivity index (χ0) is 21.3. The van der Waals surface area contributed by atoms with Crippen LogP contribution < -0.4 is 4.90 Å². The summed E-state index contributed by atoms with van der Waals surface area (Å²) in [7, 11) is 0. The summed E-state index contributed by atoms with van der Waals surface area (Å²) in [6.45, 7) is 4.20. The summed E-state index contributed by atoms with van der Waals surface area (Å²) in [4.78, 5) is 27.6. The molecule has 4 rings (SSSR count). The van der Waals surface area contributed by atoms with Gasteiger partial charge in [0.05, 0.1) is 11.6 Å². The van der Waals surface area contributed by atoms with Crippen LogP contribution in [-0.2, 0) is 9.59 Å². The summed E-state index contributed by atoms with van der Waals surface area (Å²) in [6, 6.07) is 25.1. The molecular weight excluding hydrogens is 374 g/mol. The number of anilines is 1. The van der Waals surface area contributed by atoms with Crippen molar-refractivity contribution in [1.29, 1.82) is 0 Å². The van der Waals surface area contributed by atoms with Crippen molar-refractivity contribution in [3.63, 3.8) is 0 Å². The number of nitrogens with zero attached hydrogens (tertiary/aromatic N) is 1. The van der Waals surface area contributed by atoms with Gasteiger partial charge in [-0.3, -0.25) is 14.5 Å². The molecule has 0 aliphatic carbocycles. The van der Waals surface area contributed by atoms with Gasteiger partial charge in [-0.15, -0.1) is 0 Å². The maximum atomic E-state index is 13.1. The first kappa shape index (κ1) is 19.6. The Hall–Kier alpha value is -3.66. The lowest BCUT2D eigenvalue weighted by Gasteiger charge is -2.25. The van der Waals surface area contributed by atoms with Crippen LogP contribution in [0.2, 0.25) is 0 Å². The Labute approximate surface area is 176 Å². The van der Waals surface area contributed by atoms with Gasteiger partial charge in [0, 0.05) is 11.3 Å². The van der Waals surface area contributed by atoms with Gasteiger partial charge in [-0.05, 0) is 29.2 Å². The van der Waals surface area contributed by atoms with Gasteiger partial charge in [-0.25, -0.2) is 0 Å². The molecule has 1 aliphatic rings. The van der Waals surface area contributed by atoms with Gasteiger partial charge in [-0.1, -0.05) is 86.6 Å². The highest BCUT2D eigenvalue weighted by molar-refractivity contribution is 6.51. The molecule has 1 fully saturated rings. The van der Waals surface area contributed by atoms with E-state index < -0.39 is 17.7 Å². The Morgan fingerprint density at radius 1 is 0.833 bits per heavy atom. The minimum absolute atomic E-state index is 0.102. The van der Waals surface area contributed by atoms with Gasteiger partial charge in [-0.2, -0.15) is 0 Å². The maximum Gasteiger partial charge on any atom is 0.300 e.